The van der Waals surface area contributed by atoms with Gasteiger partial charge in [-0.3, -0.25) is 20.4 Å². The van der Waals surface area contributed by atoms with Gasteiger partial charge in [-0.25, -0.2) is 9.78 Å². The summed E-state index contributed by atoms with van der Waals surface area (Å²) >= 11 is 11.5. The Bertz CT molecular complexity index is 799. The predicted octanol–water partition coefficient (Wildman–Crippen LogP) is 1.77. The summed E-state index contributed by atoms with van der Waals surface area (Å²) in [6, 6.07) is 9.21. The van der Waals surface area contributed by atoms with E-state index in [1.54, 1.807) is 24.3 Å². The number of ether oxygens (including phenoxy) is 2. The summed E-state index contributed by atoms with van der Waals surface area (Å²) in [4.78, 5) is 38.6. The molecule has 1 aromatic carbocycles. The van der Waals surface area contributed by atoms with Crippen LogP contribution in [0.2, 0.25) is 10.0 Å². The Morgan fingerprint density at radius 1 is 0.923 bits per heavy atom. The van der Waals surface area contributed by atoms with Gasteiger partial charge in [0, 0.05) is 16.2 Å². The maximum atomic E-state index is 11.7. The molecule has 8 nitrogen and oxygen atoms in total. The summed E-state index contributed by atoms with van der Waals surface area (Å²) in [7, 11) is 0. The molecule has 1 heterocycles. The summed E-state index contributed by atoms with van der Waals surface area (Å²) in [5.41, 5.74) is 4.17. The standard InChI is InChI=1S/C16H13Cl2N3O5/c17-10-1-3-12(4-2-10)25-8-14(22)20-21-15(23)9-26-16(24)13-7-11(18)5-6-19-13/h1-7H,8-9H2,(H,20,22)(H,21,23). The fraction of sp³-hybridized carbons (Fsp3) is 0.125. The SMILES string of the molecule is O=C(COC(=O)c1cc(Cl)ccn1)NNC(=O)COc1ccc(Cl)cc1. The highest BCUT2D eigenvalue weighted by Gasteiger charge is 2.12. The largest absolute Gasteiger partial charge is 0.484 e. The molecule has 0 fully saturated rings. The lowest BCUT2D eigenvalue weighted by Gasteiger charge is -2.09. The number of benzene rings is 1. The maximum absolute atomic E-state index is 11.7. The van der Waals surface area contributed by atoms with Crippen LogP contribution in [0.15, 0.2) is 42.6 Å². The topological polar surface area (TPSA) is 107 Å². The van der Waals surface area contributed by atoms with Crippen LogP contribution >= 0.6 is 23.2 Å². The molecule has 0 spiro atoms. The molecule has 1 aromatic heterocycles. The normalized spacial score (nSPS) is 9.92. The van der Waals surface area contributed by atoms with Crippen LogP contribution in [0, 0.1) is 0 Å². The molecule has 0 radical (unpaired) electrons. The molecular weight excluding hydrogens is 385 g/mol. The quantitative estimate of drug-likeness (QED) is 0.568. The van der Waals surface area contributed by atoms with Crippen molar-refractivity contribution >= 4 is 41.0 Å². The number of halogens is 2. The first-order valence-corrected chi connectivity index (χ1v) is 7.94. The number of amides is 2. The van der Waals surface area contributed by atoms with E-state index in [0.29, 0.717) is 15.8 Å². The lowest BCUT2D eigenvalue weighted by molar-refractivity contribution is -0.131. The van der Waals surface area contributed by atoms with Crippen LogP contribution in [0.1, 0.15) is 10.5 Å². The Morgan fingerprint density at radius 2 is 1.58 bits per heavy atom. The zero-order valence-corrected chi connectivity index (χ0v) is 14.7. The molecule has 136 valence electrons. The van der Waals surface area contributed by atoms with E-state index in [1.807, 2.05) is 0 Å². The van der Waals surface area contributed by atoms with Crippen molar-refractivity contribution in [2.24, 2.45) is 0 Å². The van der Waals surface area contributed by atoms with Gasteiger partial charge in [-0.1, -0.05) is 23.2 Å². The molecule has 2 rings (SSSR count). The molecule has 0 aliphatic carbocycles. The second kappa shape index (κ2) is 9.59. The average molecular weight is 398 g/mol. The van der Waals surface area contributed by atoms with Crippen molar-refractivity contribution < 1.29 is 23.9 Å². The molecule has 0 aliphatic heterocycles. The summed E-state index contributed by atoms with van der Waals surface area (Å²) in [6.07, 6.45) is 1.33. The zero-order valence-electron chi connectivity index (χ0n) is 13.2. The Balaban J connectivity index is 1.67. The van der Waals surface area contributed by atoms with Gasteiger partial charge in [-0.2, -0.15) is 0 Å². The number of esters is 1. The van der Waals surface area contributed by atoms with Crippen LogP contribution in [-0.2, 0) is 14.3 Å². The molecule has 0 atom stereocenters. The number of nitrogens with one attached hydrogen (secondary N) is 2. The molecule has 0 saturated heterocycles. The maximum Gasteiger partial charge on any atom is 0.357 e. The number of pyridine rings is 1. The van der Waals surface area contributed by atoms with E-state index in [9.17, 15) is 14.4 Å². The first-order valence-electron chi connectivity index (χ1n) is 7.19. The number of hydrogen-bond acceptors (Lipinski definition) is 6. The third-order valence-electron chi connectivity index (χ3n) is 2.79. The molecule has 26 heavy (non-hydrogen) atoms. The van der Waals surface area contributed by atoms with Gasteiger partial charge >= 0.3 is 5.97 Å². The number of hydrogen-bond donors (Lipinski definition) is 2. The lowest BCUT2D eigenvalue weighted by Crippen LogP contribution is -2.45. The number of nitrogens with zero attached hydrogens (tertiary/aromatic N) is 1. The van der Waals surface area contributed by atoms with E-state index >= 15 is 0 Å². The van der Waals surface area contributed by atoms with Crippen molar-refractivity contribution in [3.63, 3.8) is 0 Å². The van der Waals surface area contributed by atoms with Crippen molar-refractivity contribution in [3.05, 3.63) is 58.3 Å². The van der Waals surface area contributed by atoms with Gasteiger partial charge in [0.1, 0.15) is 11.4 Å². The minimum Gasteiger partial charge on any atom is -0.484 e. The molecule has 2 aromatic rings. The molecule has 0 aliphatic rings. The van der Waals surface area contributed by atoms with E-state index < -0.39 is 24.4 Å². The van der Waals surface area contributed by atoms with Gasteiger partial charge in [0.25, 0.3) is 11.8 Å². The van der Waals surface area contributed by atoms with Crippen LogP contribution in [0.4, 0.5) is 0 Å². The van der Waals surface area contributed by atoms with Crippen LogP contribution in [-0.4, -0.2) is 36.0 Å². The van der Waals surface area contributed by atoms with Crippen molar-refractivity contribution in [1.29, 1.82) is 0 Å². The summed E-state index contributed by atoms with van der Waals surface area (Å²) in [5.74, 6) is -1.71. The van der Waals surface area contributed by atoms with E-state index in [4.69, 9.17) is 32.7 Å². The van der Waals surface area contributed by atoms with Gasteiger partial charge in [-0.15, -0.1) is 0 Å². The molecule has 2 N–H and O–H groups in total. The Morgan fingerprint density at radius 3 is 2.23 bits per heavy atom. The van der Waals surface area contributed by atoms with Gasteiger partial charge in [0.15, 0.2) is 13.2 Å². The van der Waals surface area contributed by atoms with Crippen LogP contribution in [0.5, 0.6) is 5.75 Å². The minimum atomic E-state index is -0.819. The van der Waals surface area contributed by atoms with E-state index in [1.165, 1.54) is 18.3 Å². The Labute approximate surface area is 158 Å². The number of hydrazine groups is 1. The Hall–Kier alpha value is -2.84. The van der Waals surface area contributed by atoms with E-state index in [-0.39, 0.29) is 12.3 Å². The van der Waals surface area contributed by atoms with Crippen molar-refractivity contribution in [2.45, 2.75) is 0 Å². The minimum absolute atomic E-state index is 0.0364. The van der Waals surface area contributed by atoms with Gasteiger partial charge in [-0.05, 0) is 36.4 Å². The van der Waals surface area contributed by atoms with Crippen LogP contribution in [0.25, 0.3) is 0 Å². The summed E-state index contributed by atoms with van der Waals surface area (Å²) < 4.78 is 9.94. The van der Waals surface area contributed by atoms with Gasteiger partial charge in [0.05, 0.1) is 0 Å². The number of aromatic nitrogens is 1. The van der Waals surface area contributed by atoms with Crippen LogP contribution in [0.3, 0.4) is 0 Å². The fourth-order valence-corrected chi connectivity index (χ4v) is 1.90. The smallest absolute Gasteiger partial charge is 0.357 e. The molecule has 0 bridgehead atoms. The van der Waals surface area contributed by atoms with Crippen molar-refractivity contribution in [3.8, 4) is 5.75 Å². The second-order valence-electron chi connectivity index (χ2n) is 4.77. The first kappa shape index (κ1) is 19.5. The highest BCUT2D eigenvalue weighted by Crippen LogP contribution is 2.15. The fourth-order valence-electron chi connectivity index (χ4n) is 1.61. The lowest BCUT2D eigenvalue weighted by atomic mass is 10.3. The number of carbonyl (C=O) groups excluding carboxylic acids is 3. The molecular formula is C16H13Cl2N3O5. The van der Waals surface area contributed by atoms with Crippen LogP contribution < -0.4 is 15.6 Å². The number of carbonyl (C=O) groups is 3. The monoisotopic (exact) mass is 397 g/mol. The molecule has 0 saturated carbocycles. The van der Waals surface area contributed by atoms with E-state index in [0.717, 1.165) is 0 Å². The second-order valence-corrected chi connectivity index (χ2v) is 5.65. The summed E-state index contributed by atoms with van der Waals surface area (Å²) in [6.45, 7) is -0.931. The summed E-state index contributed by atoms with van der Waals surface area (Å²) in [5, 5.41) is 0.848. The van der Waals surface area contributed by atoms with E-state index in [2.05, 4.69) is 15.8 Å². The molecule has 0 unspecified atom stereocenters. The third-order valence-corrected chi connectivity index (χ3v) is 3.28. The van der Waals surface area contributed by atoms with Gasteiger partial charge in [0.2, 0.25) is 0 Å². The predicted molar refractivity (Wildman–Crippen MR) is 92.8 cm³/mol. The zero-order chi connectivity index (χ0) is 18.9. The molecule has 10 heteroatoms. The number of rotatable bonds is 6. The van der Waals surface area contributed by atoms with Crippen molar-refractivity contribution in [1.82, 2.24) is 15.8 Å². The Kier molecular flexibility index (Phi) is 7.19. The first-order chi connectivity index (χ1) is 12.4. The van der Waals surface area contributed by atoms with Crippen molar-refractivity contribution in [2.75, 3.05) is 13.2 Å². The highest BCUT2D eigenvalue weighted by atomic mass is 35.5. The third kappa shape index (κ3) is 6.58. The highest BCUT2D eigenvalue weighted by molar-refractivity contribution is 6.31. The van der Waals surface area contributed by atoms with Gasteiger partial charge < -0.3 is 9.47 Å². The average Bonchev–Trinajstić information content (AvgIpc) is 2.64. The molecule has 2 amide bonds.